The second-order valence-electron chi connectivity index (χ2n) is 2.31. The molecule has 0 aliphatic heterocycles. The number of carbonyl (C=O) groups excluding carboxylic acids is 2. The highest BCUT2D eigenvalue weighted by Gasteiger charge is 2.14. The molecule has 0 aromatic carbocycles. The third-order valence-corrected chi connectivity index (χ3v) is 0.802. The van der Waals surface area contributed by atoms with Gasteiger partial charge in [0.2, 0.25) is 13.8 Å². The van der Waals surface area contributed by atoms with Gasteiger partial charge in [0, 0.05) is 6.92 Å². The van der Waals surface area contributed by atoms with E-state index in [9.17, 15) is 9.59 Å². The van der Waals surface area contributed by atoms with Crippen molar-refractivity contribution in [2.75, 3.05) is 0 Å². The molecule has 0 bridgehead atoms. The van der Waals surface area contributed by atoms with Crippen LogP contribution in [0, 0.1) is 0 Å². The van der Waals surface area contributed by atoms with Crippen LogP contribution in [0.3, 0.4) is 0 Å². The summed E-state index contributed by atoms with van der Waals surface area (Å²) < 4.78 is 0. The number of hydrogen-bond donors (Lipinski definition) is 0. The second kappa shape index (κ2) is 4.13. The standard InChI is InChI=1S/C6H10BNO3/c1-4(2)11-8(5(3)9)6(7)10/h4H,1-3H3. The molecule has 2 radical (unpaired) electrons. The van der Waals surface area contributed by atoms with Crippen LogP contribution in [-0.4, -0.2) is 30.7 Å². The topological polar surface area (TPSA) is 46.6 Å². The van der Waals surface area contributed by atoms with Crippen molar-refractivity contribution in [2.45, 2.75) is 26.9 Å². The van der Waals surface area contributed by atoms with E-state index in [1.54, 1.807) is 13.8 Å². The molecule has 0 fully saturated rings. The molecule has 0 saturated heterocycles. The van der Waals surface area contributed by atoms with E-state index in [0.717, 1.165) is 0 Å². The molecule has 0 aliphatic rings. The zero-order valence-electron chi connectivity index (χ0n) is 6.83. The number of hydrogen-bond acceptors (Lipinski definition) is 3. The van der Waals surface area contributed by atoms with E-state index in [0.29, 0.717) is 5.06 Å². The molecule has 0 rings (SSSR count). The maximum absolute atomic E-state index is 10.6. The highest BCUT2D eigenvalue weighted by Crippen LogP contribution is 1.97. The molecule has 11 heavy (non-hydrogen) atoms. The van der Waals surface area contributed by atoms with Crippen molar-refractivity contribution < 1.29 is 14.4 Å². The van der Waals surface area contributed by atoms with Crippen LogP contribution in [0.1, 0.15) is 20.8 Å². The first-order valence-corrected chi connectivity index (χ1v) is 3.22. The fourth-order valence-corrected chi connectivity index (χ4v) is 0.492. The molecular weight excluding hydrogens is 145 g/mol. The summed E-state index contributed by atoms with van der Waals surface area (Å²) in [5, 5.41) is 0.532. The Labute approximate surface area is 66.9 Å². The molecule has 5 heteroatoms. The van der Waals surface area contributed by atoms with Crippen LogP contribution in [0.25, 0.3) is 0 Å². The summed E-state index contributed by atoms with van der Waals surface area (Å²) in [6.45, 7) is 4.59. The zero-order chi connectivity index (χ0) is 9.02. The summed E-state index contributed by atoms with van der Waals surface area (Å²) in [5.74, 6) is -1.42. The Kier molecular flexibility index (Phi) is 3.82. The van der Waals surface area contributed by atoms with Crippen molar-refractivity contribution in [3.63, 3.8) is 0 Å². The van der Waals surface area contributed by atoms with Crippen LogP contribution in [-0.2, 0) is 9.63 Å². The van der Waals surface area contributed by atoms with E-state index in [1.807, 2.05) is 0 Å². The van der Waals surface area contributed by atoms with E-state index in [2.05, 4.69) is 0 Å². The number of nitrogens with zero attached hydrogens (tertiary/aromatic N) is 1. The highest BCUT2D eigenvalue weighted by molar-refractivity contribution is 6.58. The SMILES string of the molecule is [B]C(=O)N(OC(C)C)C(C)=O. The molecule has 0 spiro atoms. The van der Waals surface area contributed by atoms with Crippen LogP contribution in [0.4, 0.5) is 4.79 Å². The van der Waals surface area contributed by atoms with Crippen molar-refractivity contribution in [2.24, 2.45) is 0 Å². The van der Waals surface area contributed by atoms with Gasteiger partial charge in [-0.25, -0.2) is 0 Å². The first-order chi connectivity index (χ1) is 4.95. The molecule has 2 amide bonds. The number of rotatable bonds is 2. The van der Waals surface area contributed by atoms with Crippen LogP contribution in [0.5, 0.6) is 0 Å². The minimum atomic E-state index is -0.897. The van der Waals surface area contributed by atoms with Crippen molar-refractivity contribution in [3.05, 3.63) is 0 Å². The quantitative estimate of drug-likeness (QED) is 0.429. The van der Waals surface area contributed by atoms with Crippen molar-refractivity contribution in [1.29, 1.82) is 0 Å². The highest BCUT2D eigenvalue weighted by atomic mass is 16.7. The second-order valence-corrected chi connectivity index (χ2v) is 2.31. The van der Waals surface area contributed by atoms with Gasteiger partial charge < -0.3 is 0 Å². The third-order valence-electron chi connectivity index (χ3n) is 0.802. The number of carbonyl (C=O) groups is 2. The monoisotopic (exact) mass is 155 g/mol. The Balaban J connectivity index is 4.12. The van der Waals surface area contributed by atoms with Crippen LogP contribution in [0.2, 0.25) is 0 Å². The molecule has 0 aromatic rings. The lowest BCUT2D eigenvalue weighted by Crippen LogP contribution is -2.36. The van der Waals surface area contributed by atoms with E-state index < -0.39 is 11.7 Å². The van der Waals surface area contributed by atoms with Crippen molar-refractivity contribution in [1.82, 2.24) is 5.06 Å². The van der Waals surface area contributed by atoms with Crippen LogP contribution < -0.4 is 0 Å². The van der Waals surface area contributed by atoms with Gasteiger partial charge >= 0.3 is 0 Å². The van der Waals surface area contributed by atoms with E-state index in [4.69, 9.17) is 12.7 Å². The molecule has 4 nitrogen and oxygen atoms in total. The Morgan fingerprint density at radius 2 is 1.91 bits per heavy atom. The average molecular weight is 155 g/mol. The largest absolute Gasteiger partial charge is 0.286 e. The fraction of sp³-hybridized carbons (Fsp3) is 0.667. The summed E-state index contributed by atoms with van der Waals surface area (Å²) in [6.07, 6.45) is -0.244. The van der Waals surface area contributed by atoms with Crippen LogP contribution in [0.15, 0.2) is 0 Å². The summed E-state index contributed by atoms with van der Waals surface area (Å²) in [6, 6.07) is 0. The van der Waals surface area contributed by atoms with Gasteiger partial charge in [-0.2, -0.15) is 5.06 Å². The molecule has 0 aliphatic carbocycles. The Bertz CT molecular complexity index is 155. The summed E-state index contributed by atoms with van der Waals surface area (Å²) in [5.41, 5.74) is 0. The Morgan fingerprint density at radius 1 is 1.45 bits per heavy atom. The molecular formula is C6H10BNO3. The first kappa shape index (κ1) is 10.2. The summed E-state index contributed by atoms with van der Waals surface area (Å²) >= 11 is 0. The van der Waals surface area contributed by atoms with Gasteiger partial charge in [-0.15, -0.1) is 0 Å². The average Bonchev–Trinajstić information content (AvgIpc) is 1.81. The lowest BCUT2D eigenvalue weighted by molar-refractivity contribution is -0.174. The van der Waals surface area contributed by atoms with Gasteiger partial charge in [-0.05, 0) is 13.8 Å². The van der Waals surface area contributed by atoms with Gasteiger partial charge in [0.1, 0.15) is 0 Å². The molecule has 0 heterocycles. The van der Waals surface area contributed by atoms with Gasteiger partial charge in [0.25, 0.3) is 0 Å². The fourth-order valence-electron chi connectivity index (χ4n) is 0.492. The number of imide groups is 1. The Hall–Kier alpha value is -0.835. The number of hydroxylamine groups is 2. The minimum Gasteiger partial charge on any atom is -0.286 e. The third kappa shape index (κ3) is 3.77. The lowest BCUT2D eigenvalue weighted by atomic mass is 10.1. The molecule has 0 N–H and O–H groups in total. The van der Waals surface area contributed by atoms with E-state index in [-0.39, 0.29) is 6.10 Å². The number of amides is 2. The smallest absolute Gasteiger partial charge is 0.249 e. The van der Waals surface area contributed by atoms with E-state index >= 15 is 0 Å². The van der Waals surface area contributed by atoms with Gasteiger partial charge in [-0.1, -0.05) is 0 Å². The molecule has 60 valence electrons. The predicted molar refractivity (Wildman–Crippen MR) is 39.9 cm³/mol. The van der Waals surface area contributed by atoms with E-state index in [1.165, 1.54) is 6.92 Å². The lowest BCUT2D eigenvalue weighted by Gasteiger charge is -2.19. The first-order valence-electron chi connectivity index (χ1n) is 3.22. The predicted octanol–water partition coefficient (Wildman–Crippen LogP) is 0.463. The molecule has 0 saturated carbocycles. The van der Waals surface area contributed by atoms with Gasteiger partial charge in [-0.3, -0.25) is 14.4 Å². The summed E-state index contributed by atoms with van der Waals surface area (Å²) in [4.78, 5) is 25.9. The maximum atomic E-state index is 10.6. The van der Waals surface area contributed by atoms with Gasteiger partial charge in [0.05, 0.1) is 6.10 Å². The van der Waals surface area contributed by atoms with Crippen LogP contribution >= 0.6 is 0 Å². The zero-order valence-corrected chi connectivity index (χ0v) is 6.83. The maximum Gasteiger partial charge on any atom is 0.249 e. The minimum absolute atomic E-state index is 0.244. The molecule has 0 atom stereocenters. The van der Waals surface area contributed by atoms with Crippen molar-refractivity contribution in [3.8, 4) is 0 Å². The van der Waals surface area contributed by atoms with Crippen molar-refractivity contribution >= 4 is 19.6 Å². The Morgan fingerprint density at radius 3 is 2.00 bits per heavy atom. The normalized spacial score (nSPS) is 9.82. The summed E-state index contributed by atoms with van der Waals surface area (Å²) in [7, 11) is 4.83. The molecule has 0 unspecified atom stereocenters. The van der Waals surface area contributed by atoms with Gasteiger partial charge in [0.15, 0.2) is 5.81 Å². The molecule has 0 aromatic heterocycles.